The second-order valence-corrected chi connectivity index (χ2v) is 5.37. The molecule has 1 rings (SSSR count). The van der Waals surface area contributed by atoms with Crippen LogP contribution in [0.25, 0.3) is 0 Å². The number of carbonyl (C=O) groups excluding carboxylic acids is 2. The van der Waals surface area contributed by atoms with E-state index < -0.39 is 18.6 Å². The van der Waals surface area contributed by atoms with Gasteiger partial charge in [0.05, 0.1) is 6.54 Å². The first-order valence-corrected chi connectivity index (χ1v) is 7.06. The summed E-state index contributed by atoms with van der Waals surface area (Å²) in [6, 6.07) is 0. The molecule has 0 atom stereocenters. The molecule has 1 heterocycles. The number of halogens is 3. The fraction of sp³-hybridized carbons (Fsp3) is 0.846. The molecule has 5 nitrogen and oxygen atoms in total. The van der Waals surface area contributed by atoms with E-state index in [4.69, 9.17) is 0 Å². The molecule has 1 aliphatic rings. The van der Waals surface area contributed by atoms with Crippen molar-refractivity contribution in [3.8, 4) is 0 Å². The fourth-order valence-corrected chi connectivity index (χ4v) is 2.25. The summed E-state index contributed by atoms with van der Waals surface area (Å²) >= 11 is 0. The minimum atomic E-state index is -4.44. The summed E-state index contributed by atoms with van der Waals surface area (Å²) in [6.45, 7) is 0.188. The number of hydrogen-bond donors (Lipinski definition) is 2. The number of nitrogens with zero attached hydrogens (tertiary/aromatic N) is 1. The Morgan fingerprint density at radius 1 is 1.29 bits per heavy atom. The van der Waals surface area contributed by atoms with Crippen LogP contribution in [0.1, 0.15) is 25.7 Å². The number of alkyl halides is 3. The van der Waals surface area contributed by atoms with Gasteiger partial charge >= 0.3 is 6.18 Å². The molecule has 0 aromatic carbocycles. The molecule has 2 N–H and O–H groups in total. The molecule has 0 saturated carbocycles. The third kappa shape index (κ3) is 7.89. The van der Waals surface area contributed by atoms with Gasteiger partial charge in [-0.05, 0) is 38.3 Å². The van der Waals surface area contributed by atoms with E-state index in [2.05, 4.69) is 5.32 Å². The van der Waals surface area contributed by atoms with Gasteiger partial charge in [0.15, 0.2) is 0 Å². The third-order valence-corrected chi connectivity index (χ3v) is 3.52. The maximum Gasteiger partial charge on any atom is 0.405 e. The summed E-state index contributed by atoms with van der Waals surface area (Å²) in [5.41, 5.74) is 0. The Kier molecular flexibility index (Phi) is 6.94. The van der Waals surface area contributed by atoms with Crippen molar-refractivity contribution < 1.29 is 22.8 Å². The lowest BCUT2D eigenvalue weighted by molar-refractivity contribution is -0.141. The SMILES string of the molecule is CN(CC(=O)NCC(F)(F)F)C(=O)CCC1CCNCC1. The van der Waals surface area contributed by atoms with E-state index in [1.807, 2.05) is 0 Å². The second-order valence-electron chi connectivity index (χ2n) is 5.37. The Morgan fingerprint density at radius 2 is 1.90 bits per heavy atom. The minimum absolute atomic E-state index is 0.212. The van der Waals surface area contributed by atoms with Gasteiger partial charge in [0.2, 0.25) is 11.8 Å². The average Bonchev–Trinajstić information content (AvgIpc) is 2.43. The number of rotatable bonds is 6. The zero-order valence-electron chi connectivity index (χ0n) is 12.1. The lowest BCUT2D eigenvalue weighted by Gasteiger charge is -2.23. The normalized spacial score (nSPS) is 16.6. The van der Waals surface area contributed by atoms with Crippen molar-refractivity contribution in [2.24, 2.45) is 5.92 Å². The molecule has 21 heavy (non-hydrogen) atoms. The van der Waals surface area contributed by atoms with Crippen molar-refractivity contribution in [2.45, 2.75) is 31.9 Å². The molecule has 0 aromatic heterocycles. The topological polar surface area (TPSA) is 61.4 Å². The van der Waals surface area contributed by atoms with Crippen LogP contribution in [0.3, 0.4) is 0 Å². The highest BCUT2D eigenvalue weighted by atomic mass is 19.4. The van der Waals surface area contributed by atoms with Gasteiger partial charge in [-0.2, -0.15) is 13.2 Å². The Hall–Kier alpha value is -1.31. The zero-order valence-corrected chi connectivity index (χ0v) is 12.1. The lowest BCUT2D eigenvalue weighted by Crippen LogP contribution is -2.41. The molecule has 0 aromatic rings. The molecular weight excluding hydrogens is 287 g/mol. The molecule has 0 radical (unpaired) electrons. The molecule has 0 bridgehead atoms. The number of likely N-dealkylation sites (N-methyl/N-ethyl adjacent to an activating group) is 1. The van der Waals surface area contributed by atoms with E-state index in [1.165, 1.54) is 11.9 Å². The van der Waals surface area contributed by atoms with Gasteiger partial charge in [-0.15, -0.1) is 0 Å². The van der Waals surface area contributed by atoms with Crippen molar-refractivity contribution in [2.75, 3.05) is 33.2 Å². The van der Waals surface area contributed by atoms with Crippen molar-refractivity contribution in [1.82, 2.24) is 15.5 Å². The van der Waals surface area contributed by atoms with Gasteiger partial charge < -0.3 is 15.5 Å². The van der Waals surface area contributed by atoms with Crippen LogP contribution < -0.4 is 10.6 Å². The van der Waals surface area contributed by atoms with Crippen LogP contribution in [-0.4, -0.2) is 56.1 Å². The standard InChI is InChI=1S/C13H22F3N3O2/c1-19(8-11(20)18-9-13(14,15)16)12(21)3-2-10-4-6-17-7-5-10/h10,17H,2-9H2,1H3,(H,18,20). The third-order valence-electron chi connectivity index (χ3n) is 3.52. The maximum absolute atomic E-state index is 11.9. The van der Waals surface area contributed by atoms with Crippen LogP contribution in [0.4, 0.5) is 13.2 Å². The van der Waals surface area contributed by atoms with Crippen LogP contribution in [0.2, 0.25) is 0 Å². The first-order valence-electron chi connectivity index (χ1n) is 7.06. The van der Waals surface area contributed by atoms with Crippen molar-refractivity contribution in [3.63, 3.8) is 0 Å². The van der Waals surface area contributed by atoms with E-state index in [0.717, 1.165) is 32.4 Å². The highest BCUT2D eigenvalue weighted by Crippen LogP contribution is 2.18. The number of amides is 2. The molecular formula is C13H22F3N3O2. The number of carbonyl (C=O) groups is 2. The average molecular weight is 309 g/mol. The summed E-state index contributed by atoms with van der Waals surface area (Å²) in [5, 5.41) is 4.99. The van der Waals surface area contributed by atoms with Crippen LogP contribution in [-0.2, 0) is 9.59 Å². The van der Waals surface area contributed by atoms with Crippen molar-refractivity contribution >= 4 is 11.8 Å². The van der Waals surface area contributed by atoms with E-state index in [-0.39, 0.29) is 12.5 Å². The lowest BCUT2D eigenvalue weighted by atomic mass is 9.93. The van der Waals surface area contributed by atoms with Crippen LogP contribution in [0.15, 0.2) is 0 Å². The summed E-state index contributed by atoms with van der Waals surface area (Å²) in [4.78, 5) is 24.3. The Labute approximate surface area is 122 Å². The first-order chi connectivity index (χ1) is 9.78. The van der Waals surface area contributed by atoms with E-state index in [1.54, 1.807) is 5.32 Å². The highest BCUT2D eigenvalue weighted by Gasteiger charge is 2.28. The minimum Gasteiger partial charge on any atom is -0.345 e. The molecule has 1 saturated heterocycles. The number of nitrogens with one attached hydrogen (secondary N) is 2. The number of piperidine rings is 1. The summed E-state index contributed by atoms with van der Waals surface area (Å²) in [5.74, 6) is -0.511. The van der Waals surface area contributed by atoms with E-state index in [0.29, 0.717) is 12.3 Å². The zero-order chi connectivity index (χ0) is 15.9. The largest absolute Gasteiger partial charge is 0.405 e. The van der Waals surface area contributed by atoms with Gasteiger partial charge in [-0.3, -0.25) is 9.59 Å². The molecule has 1 fully saturated rings. The van der Waals surface area contributed by atoms with Crippen molar-refractivity contribution in [1.29, 1.82) is 0 Å². The predicted molar refractivity (Wildman–Crippen MR) is 71.5 cm³/mol. The summed E-state index contributed by atoms with van der Waals surface area (Å²) in [6.07, 6.45) is -1.29. The van der Waals surface area contributed by atoms with Crippen LogP contribution >= 0.6 is 0 Å². The molecule has 0 unspecified atom stereocenters. The summed E-state index contributed by atoms with van der Waals surface area (Å²) in [7, 11) is 1.43. The van der Waals surface area contributed by atoms with E-state index >= 15 is 0 Å². The smallest absolute Gasteiger partial charge is 0.345 e. The van der Waals surface area contributed by atoms with Gasteiger partial charge in [-0.1, -0.05) is 0 Å². The Balaban J connectivity index is 2.22. The quantitative estimate of drug-likeness (QED) is 0.766. The van der Waals surface area contributed by atoms with Crippen molar-refractivity contribution in [3.05, 3.63) is 0 Å². The maximum atomic E-state index is 11.9. The molecule has 1 aliphatic heterocycles. The van der Waals surface area contributed by atoms with E-state index in [9.17, 15) is 22.8 Å². The molecule has 122 valence electrons. The Bertz CT molecular complexity index is 355. The molecule has 0 aliphatic carbocycles. The molecule has 0 spiro atoms. The Morgan fingerprint density at radius 3 is 2.48 bits per heavy atom. The van der Waals surface area contributed by atoms with Gasteiger partial charge in [-0.25, -0.2) is 0 Å². The monoisotopic (exact) mass is 309 g/mol. The van der Waals surface area contributed by atoms with Crippen LogP contribution in [0, 0.1) is 5.92 Å². The molecule has 8 heteroatoms. The molecule has 2 amide bonds. The van der Waals surface area contributed by atoms with Gasteiger partial charge in [0.1, 0.15) is 6.54 Å². The highest BCUT2D eigenvalue weighted by molar-refractivity contribution is 5.84. The fourth-order valence-electron chi connectivity index (χ4n) is 2.25. The van der Waals surface area contributed by atoms with Gasteiger partial charge in [0, 0.05) is 13.5 Å². The predicted octanol–water partition coefficient (Wildman–Crippen LogP) is 0.903. The van der Waals surface area contributed by atoms with Crippen LogP contribution in [0.5, 0.6) is 0 Å². The summed E-state index contributed by atoms with van der Waals surface area (Å²) < 4.78 is 35.8. The van der Waals surface area contributed by atoms with Gasteiger partial charge in [0.25, 0.3) is 0 Å². The second kappa shape index (κ2) is 8.21. The number of hydrogen-bond acceptors (Lipinski definition) is 3. The first kappa shape index (κ1) is 17.7.